The maximum Gasteiger partial charge on any atom is 0.147 e. The van der Waals surface area contributed by atoms with Gasteiger partial charge in [0.25, 0.3) is 0 Å². The van der Waals surface area contributed by atoms with Crippen molar-refractivity contribution in [1.29, 1.82) is 0 Å². The molecule has 0 aliphatic rings. The third kappa shape index (κ3) is 5.08. The number of phenols is 1. The van der Waals surface area contributed by atoms with E-state index in [2.05, 4.69) is 80.4 Å². The minimum absolute atomic E-state index is 0. The van der Waals surface area contributed by atoms with E-state index in [1.807, 2.05) is 54.6 Å². The van der Waals surface area contributed by atoms with E-state index in [1.165, 1.54) is 5.56 Å². The maximum absolute atomic E-state index is 11.6. The van der Waals surface area contributed by atoms with Crippen molar-refractivity contribution in [3.63, 3.8) is 0 Å². The smallest absolute Gasteiger partial charge is 0.147 e. The third-order valence-corrected chi connectivity index (χ3v) is 6.98. The van der Waals surface area contributed by atoms with Gasteiger partial charge in [0.05, 0.1) is 0 Å². The number of benzene rings is 4. The Morgan fingerprint density at radius 2 is 1.06 bits per heavy atom. The molecule has 0 bridgehead atoms. The number of aromatic nitrogens is 3. The van der Waals surface area contributed by atoms with Crippen molar-refractivity contribution in [2.24, 2.45) is 0 Å². The van der Waals surface area contributed by atoms with E-state index in [0.29, 0.717) is 5.69 Å². The van der Waals surface area contributed by atoms with E-state index in [4.69, 9.17) is 0 Å². The zero-order valence-electron chi connectivity index (χ0n) is 21.0. The van der Waals surface area contributed by atoms with Gasteiger partial charge in [-0.1, -0.05) is 107 Å². The van der Waals surface area contributed by atoms with Gasteiger partial charge < -0.3 is 5.11 Å². The molecular formula is C30H29N3OUV. The van der Waals surface area contributed by atoms with E-state index < -0.39 is 5.41 Å². The first-order valence-corrected chi connectivity index (χ1v) is 11.6. The standard InChI is InChI=1S/C30H29N3O.U.V/c1-29(2,21-13-7-5-8-14-21)23-19-24(30(3,4)22-15-9-6-10-16-22)28(34)27(20-23)33-31-25-17-11-12-18-26(25)32-33;;/h5-20,34H,1-4H3;;. The van der Waals surface area contributed by atoms with Crippen LogP contribution in [0.1, 0.15) is 49.9 Å². The number of rotatable bonds is 5. The van der Waals surface area contributed by atoms with Gasteiger partial charge in [0, 0.05) is 66.1 Å². The quantitative estimate of drug-likeness (QED) is 0.217. The Hall–Kier alpha value is -2.28. The van der Waals surface area contributed by atoms with Crippen LogP contribution in [0.5, 0.6) is 5.75 Å². The molecule has 5 rings (SSSR count). The Bertz CT molecular complexity index is 1430. The van der Waals surface area contributed by atoms with Crippen molar-refractivity contribution in [2.45, 2.75) is 38.5 Å². The zero-order valence-corrected chi connectivity index (χ0v) is 26.5. The first-order valence-electron chi connectivity index (χ1n) is 11.6. The van der Waals surface area contributed by atoms with Crippen LogP contribution in [0.4, 0.5) is 0 Å². The van der Waals surface area contributed by atoms with Crippen molar-refractivity contribution in [3.05, 3.63) is 119 Å². The van der Waals surface area contributed by atoms with Gasteiger partial charge in [-0.15, -0.1) is 15.0 Å². The molecule has 1 radical (unpaired) electrons. The van der Waals surface area contributed by atoms with E-state index in [-0.39, 0.29) is 60.8 Å². The molecule has 0 aliphatic carbocycles. The minimum Gasteiger partial charge on any atom is -0.505 e. The number of aromatic hydroxyl groups is 1. The van der Waals surface area contributed by atoms with E-state index in [0.717, 1.165) is 27.7 Å². The third-order valence-electron chi connectivity index (χ3n) is 6.98. The van der Waals surface area contributed by atoms with Gasteiger partial charge in [-0.2, -0.15) is 0 Å². The van der Waals surface area contributed by atoms with Gasteiger partial charge in [0.2, 0.25) is 0 Å². The molecule has 0 saturated heterocycles. The van der Waals surface area contributed by atoms with Crippen molar-refractivity contribution in [3.8, 4) is 11.4 Å². The molecule has 0 unspecified atom stereocenters. The molecule has 0 amide bonds. The minimum atomic E-state index is -0.435. The Balaban J connectivity index is 0.00000180. The van der Waals surface area contributed by atoms with Crippen LogP contribution in [-0.2, 0) is 29.4 Å². The van der Waals surface area contributed by atoms with Crippen LogP contribution in [0.15, 0.2) is 97.1 Å². The summed E-state index contributed by atoms with van der Waals surface area (Å²) in [6.45, 7) is 8.72. The second-order valence-corrected chi connectivity index (χ2v) is 9.85. The predicted octanol–water partition coefficient (Wildman–Crippen LogP) is 6.78. The van der Waals surface area contributed by atoms with Gasteiger partial charge in [0.15, 0.2) is 0 Å². The second kappa shape index (κ2) is 11.0. The summed E-state index contributed by atoms with van der Waals surface area (Å²) in [5.74, 6) is 0.196. The molecule has 0 fully saturated rings. The average molecular weight is 737 g/mol. The molecule has 1 aromatic heterocycles. The van der Waals surface area contributed by atoms with Crippen molar-refractivity contribution < 1.29 is 54.8 Å². The van der Waals surface area contributed by atoms with Crippen LogP contribution in [0, 0.1) is 31.1 Å². The molecule has 179 valence electrons. The molecule has 4 nitrogen and oxygen atoms in total. The summed E-state index contributed by atoms with van der Waals surface area (Å²) < 4.78 is 0. The average Bonchev–Trinajstić information content (AvgIpc) is 3.29. The number of fused-ring (bicyclic) bond motifs is 1. The molecular weight excluding hydrogens is 707 g/mol. The SMILES string of the molecule is CC(C)(c1ccccc1)c1cc(-n2nc3ccccc3n2)c(O)c(C(C)(C)c2ccccc2)c1.[U].[V]. The molecule has 0 spiro atoms. The number of nitrogens with zero attached hydrogens (tertiary/aromatic N) is 3. The Kier molecular flexibility index (Phi) is 8.64. The van der Waals surface area contributed by atoms with Crippen LogP contribution in [-0.4, -0.2) is 20.1 Å². The normalized spacial score (nSPS) is 11.6. The van der Waals surface area contributed by atoms with E-state index in [9.17, 15) is 5.11 Å². The van der Waals surface area contributed by atoms with Gasteiger partial charge in [-0.3, -0.25) is 0 Å². The molecule has 0 saturated carbocycles. The fourth-order valence-corrected chi connectivity index (χ4v) is 4.61. The van der Waals surface area contributed by atoms with Crippen LogP contribution in [0.3, 0.4) is 0 Å². The Labute approximate surface area is 248 Å². The van der Waals surface area contributed by atoms with Crippen molar-refractivity contribution in [1.82, 2.24) is 15.0 Å². The molecule has 0 atom stereocenters. The second-order valence-electron chi connectivity index (χ2n) is 9.85. The largest absolute Gasteiger partial charge is 0.505 e. The molecule has 5 aromatic rings. The number of hydrogen-bond donors (Lipinski definition) is 1. The summed E-state index contributed by atoms with van der Waals surface area (Å²) >= 11 is 0. The van der Waals surface area contributed by atoms with E-state index in [1.54, 1.807) is 4.80 Å². The zero-order chi connectivity index (χ0) is 23.9. The van der Waals surface area contributed by atoms with E-state index >= 15 is 0 Å². The van der Waals surface area contributed by atoms with Crippen LogP contribution in [0.25, 0.3) is 16.7 Å². The molecule has 1 N–H and O–H groups in total. The molecule has 6 heteroatoms. The summed E-state index contributed by atoms with van der Waals surface area (Å²) in [5.41, 5.74) is 5.70. The molecule has 36 heavy (non-hydrogen) atoms. The van der Waals surface area contributed by atoms with Gasteiger partial charge in [-0.25, -0.2) is 0 Å². The fraction of sp³-hybridized carbons (Fsp3) is 0.200. The fourth-order valence-electron chi connectivity index (χ4n) is 4.61. The number of phenolic OH excluding ortho intramolecular Hbond substituents is 1. The van der Waals surface area contributed by atoms with Gasteiger partial charge in [-0.05, 0) is 34.9 Å². The predicted molar refractivity (Wildman–Crippen MR) is 138 cm³/mol. The Morgan fingerprint density at radius 1 is 0.611 bits per heavy atom. The molecule has 1 heterocycles. The first-order chi connectivity index (χ1) is 16.3. The van der Waals surface area contributed by atoms with Crippen molar-refractivity contribution >= 4 is 11.0 Å². The molecule has 0 aliphatic heterocycles. The van der Waals surface area contributed by atoms with Crippen LogP contribution in [0.2, 0.25) is 0 Å². The monoisotopic (exact) mass is 736 g/mol. The summed E-state index contributed by atoms with van der Waals surface area (Å²) in [6, 6.07) is 32.7. The number of hydrogen-bond acceptors (Lipinski definition) is 3. The van der Waals surface area contributed by atoms with Gasteiger partial charge in [0.1, 0.15) is 22.5 Å². The maximum atomic E-state index is 11.6. The van der Waals surface area contributed by atoms with Crippen molar-refractivity contribution in [2.75, 3.05) is 0 Å². The Morgan fingerprint density at radius 3 is 1.56 bits per heavy atom. The topological polar surface area (TPSA) is 50.9 Å². The summed E-state index contributed by atoms with van der Waals surface area (Å²) in [4.78, 5) is 1.56. The van der Waals surface area contributed by atoms with Crippen LogP contribution < -0.4 is 0 Å². The van der Waals surface area contributed by atoms with Gasteiger partial charge >= 0.3 is 0 Å². The first kappa shape index (κ1) is 28.3. The molecule has 4 aromatic carbocycles. The summed E-state index contributed by atoms with van der Waals surface area (Å²) in [6.07, 6.45) is 0. The summed E-state index contributed by atoms with van der Waals surface area (Å²) in [5, 5.41) is 21.0. The summed E-state index contributed by atoms with van der Waals surface area (Å²) in [7, 11) is 0. The van der Waals surface area contributed by atoms with Crippen LogP contribution >= 0.6 is 0 Å².